The number of cyclic esters (lactones) is 1. The molecule has 1 fully saturated rings. The average Bonchev–Trinajstić information content (AvgIpc) is 1.57. The fourth-order valence-corrected chi connectivity index (χ4v) is 15.3. The zero-order valence-electron chi connectivity index (χ0n) is 73.8. The number of carboxylic acid groups (broad SMARTS) is 1. The van der Waals surface area contributed by atoms with Crippen molar-refractivity contribution < 1.29 is 144 Å². The molecule has 10 N–H and O–H groups in total. The zero-order chi connectivity index (χ0) is 93.0. The van der Waals surface area contributed by atoms with Crippen molar-refractivity contribution in [3.8, 4) is 29.0 Å². The van der Waals surface area contributed by atoms with Crippen LogP contribution in [0.2, 0.25) is 0 Å². The Bertz CT molecular complexity index is 4990. The number of hydrogen-bond acceptors (Lipinski definition) is 30. The Morgan fingerprint density at radius 3 is 1.83 bits per heavy atom. The van der Waals surface area contributed by atoms with Crippen molar-refractivity contribution in [2.75, 3.05) is 177 Å². The number of unbranched alkanes of at least 4 members (excludes halogenated alkanes) is 1. The number of fused-ring (bicyclic) bond motifs is 7. The molecule has 0 spiro atoms. The largest absolute Gasteiger partial charge is 0.479 e. The number of aryl methyl sites for hydroxylation is 1. The maximum Gasteiger partial charge on any atom is 0.407 e. The number of benzene rings is 4. The molecule has 131 heavy (non-hydrogen) atoms. The van der Waals surface area contributed by atoms with Crippen molar-refractivity contribution in [1.82, 2.24) is 36.1 Å². The number of halogens is 1. The van der Waals surface area contributed by atoms with E-state index in [-0.39, 0.29) is 156 Å². The van der Waals surface area contributed by atoms with Crippen molar-refractivity contribution >= 4 is 64.2 Å². The minimum Gasteiger partial charge on any atom is -0.479 e. The number of hydrogen-bond donors (Lipinski definition) is 10. The third-order valence-electron chi connectivity index (χ3n) is 22.3. The van der Waals surface area contributed by atoms with Gasteiger partial charge in [-0.3, -0.25) is 28.8 Å². The van der Waals surface area contributed by atoms with E-state index in [0.717, 1.165) is 11.1 Å². The molecule has 1 saturated heterocycles. The number of pyridine rings is 2. The van der Waals surface area contributed by atoms with Gasteiger partial charge in [0, 0.05) is 91.7 Å². The van der Waals surface area contributed by atoms with Crippen LogP contribution in [0.4, 0.5) is 14.9 Å². The Kier molecular flexibility index (Phi) is 40.1. The molecular weight excluding hydrogens is 1720 g/mol. The number of ether oxygens (including phenoxy) is 16. The summed E-state index contributed by atoms with van der Waals surface area (Å²) in [6, 6.07) is 19.8. The molecule has 5 aliphatic rings. The van der Waals surface area contributed by atoms with E-state index in [0.29, 0.717) is 183 Å². The summed E-state index contributed by atoms with van der Waals surface area (Å²) in [7, 11) is 1.62. The lowest BCUT2D eigenvalue weighted by molar-refractivity contribution is -0.271. The molecule has 2 aromatic heterocycles. The first-order chi connectivity index (χ1) is 63.6. The fraction of sp³-hybridized carbons (Fsp3) is 0.543. The lowest BCUT2D eigenvalue weighted by Crippen LogP contribution is -2.61. The lowest BCUT2D eigenvalue weighted by atomic mass is 9.81. The van der Waals surface area contributed by atoms with Crippen LogP contribution in [0.3, 0.4) is 0 Å². The van der Waals surface area contributed by atoms with Crippen molar-refractivity contribution in [2.24, 2.45) is 0 Å². The Morgan fingerprint density at radius 2 is 1.21 bits per heavy atom. The van der Waals surface area contributed by atoms with Crippen LogP contribution >= 0.6 is 0 Å². The van der Waals surface area contributed by atoms with E-state index in [1.54, 1.807) is 25.9 Å². The summed E-state index contributed by atoms with van der Waals surface area (Å²) in [6.07, 6.45) is -10.5. The minimum absolute atomic E-state index is 0.0182. The van der Waals surface area contributed by atoms with Gasteiger partial charge < -0.3 is 137 Å². The van der Waals surface area contributed by atoms with Gasteiger partial charge in [-0.1, -0.05) is 55.2 Å². The molecular formula is C92H117FN8O30. The van der Waals surface area contributed by atoms with E-state index in [9.17, 15) is 68.7 Å². The number of anilines is 1. The molecule has 0 saturated carbocycles. The van der Waals surface area contributed by atoms with Crippen LogP contribution in [-0.4, -0.2) is 292 Å². The molecule has 6 heterocycles. The second kappa shape index (κ2) is 52.0. The number of carbonyl (C=O) groups excluding carboxylic acids is 7. The number of carboxylic acids is 1. The number of nitrogens with one attached hydrogen (secondary N) is 5. The van der Waals surface area contributed by atoms with Gasteiger partial charge in [0.1, 0.15) is 49.1 Å². The summed E-state index contributed by atoms with van der Waals surface area (Å²) in [5.74, 6) is 0.423. The molecule has 0 radical (unpaired) electrons. The Balaban J connectivity index is 0.628. The van der Waals surface area contributed by atoms with Gasteiger partial charge in [-0.2, -0.15) is 0 Å². The van der Waals surface area contributed by atoms with Gasteiger partial charge >= 0.3 is 18.0 Å². The first kappa shape index (κ1) is 101. The van der Waals surface area contributed by atoms with E-state index in [1.165, 1.54) is 34.9 Å². The average molecular weight is 1830 g/mol. The summed E-state index contributed by atoms with van der Waals surface area (Å²) in [5, 5.41) is 67.8. The van der Waals surface area contributed by atoms with Gasteiger partial charge in [0.2, 0.25) is 35.8 Å². The molecule has 8 unspecified atom stereocenters. The Labute approximate surface area is 756 Å². The monoisotopic (exact) mass is 1830 g/mol. The summed E-state index contributed by atoms with van der Waals surface area (Å²) in [5.41, 5.74) is 3.84. The maximum absolute atomic E-state index is 15.7. The van der Waals surface area contributed by atoms with Crippen molar-refractivity contribution in [3.63, 3.8) is 0 Å². The van der Waals surface area contributed by atoms with E-state index in [1.807, 2.05) is 48.5 Å². The summed E-state index contributed by atoms with van der Waals surface area (Å²) in [4.78, 5) is 129. The molecule has 6 aromatic rings. The molecule has 0 bridgehead atoms. The van der Waals surface area contributed by atoms with Crippen LogP contribution in [-0.2, 0) is 149 Å². The Morgan fingerprint density at radius 1 is 0.634 bits per heavy atom. The van der Waals surface area contributed by atoms with Crippen LogP contribution < -0.4 is 41.8 Å². The quantitative estimate of drug-likeness (QED) is 0.0149. The van der Waals surface area contributed by atoms with Gasteiger partial charge in [0.15, 0.2) is 11.7 Å². The lowest BCUT2D eigenvalue weighted by Gasteiger charge is -2.38. The molecule has 4 aliphatic heterocycles. The predicted molar refractivity (Wildman–Crippen MR) is 463 cm³/mol. The van der Waals surface area contributed by atoms with Crippen LogP contribution in [0, 0.1) is 24.6 Å². The molecule has 38 nitrogen and oxygen atoms in total. The highest BCUT2D eigenvalue weighted by molar-refractivity contribution is 5.96. The predicted octanol–water partition coefficient (Wildman–Crippen LogP) is 3.16. The molecule has 39 heteroatoms. The minimum atomic E-state index is -2.12. The third-order valence-corrected chi connectivity index (χ3v) is 22.3. The number of methoxy groups -OCH3 is 1. The normalized spacial score (nSPS) is 18.3. The highest BCUT2D eigenvalue weighted by atomic mass is 19.1. The number of aromatic nitrogens is 2. The number of amides is 6. The van der Waals surface area contributed by atoms with Gasteiger partial charge in [-0.15, -0.1) is 0 Å². The van der Waals surface area contributed by atoms with E-state index in [2.05, 4.69) is 38.4 Å². The summed E-state index contributed by atoms with van der Waals surface area (Å²) < 4.78 is 105. The first-order valence-electron chi connectivity index (χ1n) is 44.0. The van der Waals surface area contributed by atoms with Crippen molar-refractivity contribution in [1.29, 1.82) is 0 Å². The van der Waals surface area contributed by atoms with Gasteiger partial charge in [-0.05, 0) is 103 Å². The number of aliphatic carboxylic acids is 1. The second-order valence-corrected chi connectivity index (χ2v) is 31.3. The number of esters is 1. The van der Waals surface area contributed by atoms with Crippen molar-refractivity contribution in [2.45, 2.75) is 153 Å². The van der Waals surface area contributed by atoms with Crippen LogP contribution in [0.25, 0.3) is 22.3 Å². The number of aliphatic hydroxyl groups is 4. The molecule has 6 amide bonds. The Hall–Kier alpha value is -10.6. The number of alkyl carbamates (subject to hydrolysis) is 1. The van der Waals surface area contributed by atoms with Crippen LogP contribution in [0.5, 0.6) is 5.75 Å². The third kappa shape index (κ3) is 28.7. The number of aliphatic hydroxyl groups excluding tert-OH is 3. The van der Waals surface area contributed by atoms with Gasteiger partial charge in [0.05, 0.1) is 199 Å². The van der Waals surface area contributed by atoms with E-state index >= 15 is 4.39 Å². The summed E-state index contributed by atoms with van der Waals surface area (Å²) in [6.45, 7) is 10.5. The second-order valence-electron chi connectivity index (χ2n) is 31.3. The molecule has 712 valence electrons. The number of nitrogens with zero attached hydrogens (tertiary/aromatic N) is 3. The molecule has 8 atom stereocenters. The van der Waals surface area contributed by atoms with Gasteiger partial charge in [0.25, 0.3) is 5.56 Å². The SMILES string of the molecule is CCC1(O)C(=O)OCc2c1cc1n(c2=O)Cc2c-1nc1cc(F)c(C)c3c1c2C(NC(=O)OCc1ccc(OC2OC(C(=O)O)C(O)C(O)C2O)c(CNC(=O)CCNC(=O)C(CNC(=O)CCOCCOCCOCCOCCOCCOCCOCCOCCOCCOCCOCCOC)NC(=O)CCCCC(=O)N2Cc4ccccc4C#Cc4ccccc42)c1)CC3. The summed E-state index contributed by atoms with van der Waals surface area (Å²) >= 11 is 0. The maximum atomic E-state index is 15.7. The highest BCUT2D eigenvalue weighted by Crippen LogP contribution is 2.46. The van der Waals surface area contributed by atoms with Gasteiger partial charge in [-0.25, -0.2) is 23.8 Å². The zero-order valence-corrected chi connectivity index (χ0v) is 73.8. The fourth-order valence-electron chi connectivity index (χ4n) is 15.3. The smallest absolute Gasteiger partial charge is 0.407 e. The molecule has 11 rings (SSSR count). The molecule has 1 aliphatic carbocycles. The first-order valence-corrected chi connectivity index (χ1v) is 44.0. The molecule has 4 aromatic carbocycles. The number of para-hydroxylation sites is 1. The highest BCUT2D eigenvalue weighted by Gasteiger charge is 2.49. The number of rotatable bonds is 57. The van der Waals surface area contributed by atoms with Crippen LogP contribution in [0.1, 0.15) is 126 Å². The topological polar surface area (TPSA) is 484 Å². The van der Waals surface area contributed by atoms with E-state index in [4.69, 9.17) is 80.8 Å². The van der Waals surface area contributed by atoms with Crippen LogP contribution in [0.15, 0.2) is 83.7 Å². The standard InChI is InChI=1S/C92H117FN8O30/c1-4-92(115)67-50-73-81-65(55-101(73)87(110)66(67)57-128-90(92)113)80-69(21-20-64-58(2)68(93)51-70(98-81)79(64)80)99-91(114)129-56-59-17-22-74(130-89-84(108)82(106)83(107)85(131-89)88(111)112)63(49-59)52-95-75(102)23-25-94-86(109)71(97-77(104)15-9-10-16-78(105)100-54-62-13-6-5-11-60(62)18-19-61-12-7-8-14-72(61)100)53-96-76(103)24-26-117-29-30-119-33-34-121-37-38-123-41-42-125-45-46-127-48-47-126-44-43-124-40-39-122-36-35-120-32-31-118-28-27-116-3/h5-8,11-14,17,22,49-51,69,71,82-85,89,106-108,115H,4,9-10,15-16,20-21,23-48,52-57H2,1-3H3,(H,94,109)(H,95,102)(H,96,103)(H,97,104)(H,99,114)(H,111,112). The number of carbonyl (C=O) groups is 8. The van der Waals surface area contributed by atoms with E-state index < -0.39 is 108 Å². The van der Waals surface area contributed by atoms with Crippen molar-refractivity contribution in [3.05, 3.63) is 156 Å².